The fraction of sp³-hybridized carbons (Fsp3) is 0.607. The Balaban J connectivity index is 2.57. The van der Waals surface area contributed by atoms with Gasteiger partial charge in [0.25, 0.3) is 0 Å². The molecule has 0 saturated carbocycles. The lowest BCUT2D eigenvalue weighted by molar-refractivity contribution is -0.389. The second-order valence-corrected chi connectivity index (χ2v) is 8.96. The van der Waals surface area contributed by atoms with Gasteiger partial charge in [-0.1, -0.05) is 19.7 Å². The standard InChI is InChI=1S/C28H41NO13/c1-4-23(30)36-16-10-7-13-26(33)40-21-19-29(42-28(35)15-9-12-18-38-25(32)6-3)39-20-22(21)41-27(34)14-8-11-17-37-24(31)5-2/h4-6,21-22,26,33H,1-3,7-20H2/t21-,22+,26?/m0/s1. The molecule has 14 heteroatoms. The maximum Gasteiger partial charge on any atom is 0.330 e. The fourth-order valence-electron chi connectivity index (χ4n) is 3.40. The van der Waals surface area contributed by atoms with Crippen molar-refractivity contribution in [2.45, 2.75) is 76.3 Å². The number of carbonyl (C=O) groups is 5. The van der Waals surface area contributed by atoms with E-state index < -0.39 is 48.3 Å². The molecule has 0 aliphatic carbocycles. The first-order valence-electron chi connectivity index (χ1n) is 13.7. The van der Waals surface area contributed by atoms with Gasteiger partial charge in [0, 0.05) is 31.1 Å². The van der Waals surface area contributed by atoms with Gasteiger partial charge in [-0.25, -0.2) is 14.4 Å². The van der Waals surface area contributed by atoms with Crippen molar-refractivity contribution in [3.8, 4) is 0 Å². The third-order valence-corrected chi connectivity index (χ3v) is 5.57. The first-order valence-corrected chi connectivity index (χ1v) is 13.7. The van der Waals surface area contributed by atoms with Crippen LogP contribution in [-0.2, 0) is 57.3 Å². The maximum absolute atomic E-state index is 12.4. The van der Waals surface area contributed by atoms with Crippen LogP contribution in [0, 0.1) is 0 Å². The van der Waals surface area contributed by atoms with Crippen LogP contribution < -0.4 is 0 Å². The zero-order chi connectivity index (χ0) is 31.2. The Morgan fingerprint density at radius 3 is 1.79 bits per heavy atom. The molecule has 1 fully saturated rings. The summed E-state index contributed by atoms with van der Waals surface area (Å²) in [5.74, 6) is -2.79. The lowest BCUT2D eigenvalue weighted by Gasteiger charge is -2.36. The van der Waals surface area contributed by atoms with E-state index in [1.165, 1.54) is 0 Å². The summed E-state index contributed by atoms with van der Waals surface area (Å²) in [5.41, 5.74) is 0. The summed E-state index contributed by atoms with van der Waals surface area (Å²) < 4.78 is 25.8. The van der Waals surface area contributed by atoms with Gasteiger partial charge in [0.05, 0.1) is 26.4 Å². The van der Waals surface area contributed by atoms with Gasteiger partial charge in [-0.15, -0.1) is 0 Å². The Hall–Kier alpha value is -3.59. The average Bonchev–Trinajstić information content (AvgIpc) is 2.97. The number of nitrogens with zero attached hydrogens (tertiary/aromatic N) is 1. The fourth-order valence-corrected chi connectivity index (χ4v) is 3.40. The largest absolute Gasteiger partial charge is 0.463 e. The highest BCUT2D eigenvalue weighted by atomic mass is 17.0. The van der Waals surface area contributed by atoms with E-state index in [0.717, 1.165) is 23.5 Å². The number of unbranched alkanes of at least 4 members (excludes halogenated alkanes) is 3. The van der Waals surface area contributed by atoms with Crippen molar-refractivity contribution in [3.63, 3.8) is 0 Å². The van der Waals surface area contributed by atoms with Crippen LogP contribution in [0.2, 0.25) is 0 Å². The number of hydrogen-bond donors (Lipinski definition) is 1. The van der Waals surface area contributed by atoms with Crippen molar-refractivity contribution in [2.24, 2.45) is 0 Å². The first-order chi connectivity index (χ1) is 20.2. The second-order valence-electron chi connectivity index (χ2n) is 8.96. The van der Waals surface area contributed by atoms with Gasteiger partial charge in [-0.2, -0.15) is 0 Å². The van der Waals surface area contributed by atoms with Crippen LogP contribution in [0.1, 0.15) is 57.8 Å². The molecule has 1 rings (SSSR count). The van der Waals surface area contributed by atoms with Gasteiger partial charge < -0.3 is 33.6 Å². The Kier molecular flexibility index (Phi) is 19.1. The third kappa shape index (κ3) is 17.3. The van der Waals surface area contributed by atoms with Crippen LogP contribution in [0.15, 0.2) is 38.0 Å². The molecule has 1 aliphatic heterocycles. The van der Waals surface area contributed by atoms with Crippen LogP contribution in [-0.4, -0.2) is 91.6 Å². The van der Waals surface area contributed by atoms with Crippen LogP contribution in [0.25, 0.3) is 0 Å². The van der Waals surface area contributed by atoms with E-state index in [0.29, 0.717) is 38.5 Å². The van der Waals surface area contributed by atoms with E-state index in [-0.39, 0.29) is 52.2 Å². The minimum atomic E-state index is -1.25. The van der Waals surface area contributed by atoms with Crippen LogP contribution in [0.3, 0.4) is 0 Å². The van der Waals surface area contributed by atoms with Gasteiger partial charge in [0.15, 0.2) is 12.4 Å². The van der Waals surface area contributed by atoms with E-state index >= 15 is 0 Å². The van der Waals surface area contributed by atoms with Gasteiger partial charge in [0.2, 0.25) is 0 Å². The molecule has 1 N–H and O–H groups in total. The molecule has 1 heterocycles. The molecule has 42 heavy (non-hydrogen) atoms. The van der Waals surface area contributed by atoms with E-state index in [1.54, 1.807) is 0 Å². The summed E-state index contributed by atoms with van der Waals surface area (Å²) in [6.07, 6.45) is 2.98. The highest BCUT2D eigenvalue weighted by molar-refractivity contribution is 5.81. The highest BCUT2D eigenvalue weighted by Crippen LogP contribution is 2.19. The molecule has 0 bridgehead atoms. The predicted octanol–water partition coefficient (Wildman–Crippen LogP) is 2.01. The third-order valence-electron chi connectivity index (χ3n) is 5.57. The van der Waals surface area contributed by atoms with Crippen molar-refractivity contribution < 1.29 is 62.4 Å². The molecule has 0 aromatic carbocycles. The molecule has 1 unspecified atom stereocenters. The quantitative estimate of drug-likeness (QED) is 0.0629. The average molecular weight is 600 g/mol. The monoisotopic (exact) mass is 599 g/mol. The number of hydroxylamine groups is 2. The Morgan fingerprint density at radius 1 is 0.762 bits per heavy atom. The number of esters is 4. The van der Waals surface area contributed by atoms with Gasteiger partial charge >= 0.3 is 29.8 Å². The van der Waals surface area contributed by atoms with Crippen molar-refractivity contribution in [1.29, 1.82) is 0 Å². The molecular weight excluding hydrogens is 558 g/mol. The Labute approximate surface area is 245 Å². The van der Waals surface area contributed by atoms with Gasteiger partial charge in [-0.05, 0) is 50.2 Å². The zero-order valence-electron chi connectivity index (χ0n) is 23.8. The number of carbonyl (C=O) groups excluding carboxylic acids is 5. The van der Waals surface area contributed by atoms with E-state index in [1.807, 2.05) is 0 Å². The van der Waals surface area contributed by atoms with Crippen molar-refractivity contribution in [3.05, 3.63) is 38.0 Å². The van der Waals surface area contributed by atoms with Crippen molar-refractivity contribution in [2.75, 3.05) is 33.0 Å². The number of aliphatic hydroxyl groups excluding tert-OH is 1. The molecule has 1 saturated heterocycles. The molecule has 0 aromatic rings. The minimum Gasteiger partial charge on any atom is -0.463 e. The number of ether oxygens (including phenoxy) is 5. The van der Waals surface area contributed by atoms with Crippen molar-refractivity contribution >= 4 is 29.8 Å². The Bertz CT molecular complexity index is 906. The lowest BCUT2D eigenvalue weighted by atomic mass is 10.1. The first kappa shape index (κ1) is 36.4. The second kappa shape index (κ2) is 22.1. The summed E-state index contributed by atoms with van der Waals surface area (Å²) in [6, 6.07) is 0. The smallest absolute Gasteiger partial charge is 0.330 e. The molecule has 0 aromatic heterocycles. The summed E-state index contributed by atoms with van der Waals surface area (Å²) in [6.45, 7) is 9.97. The Morgan fingerprint density at radius 2 is 1.26 bits per heavy atom. The lowest BCUT2D eigenvalue weighted by Crippen LogP contribution is -2.52. The summed E-state index contributed by atoms with van der Waals surface area (Å²) in [4.78, 5) is 68.5. The summed E-state index contributed by atoms with van der Waals surface area (Å²) >= 11 is 0. The molecule has 236 valence electrons. The van der Waals surface area contributed by atoms with E-state index in [2.05, 4.69) is 19.7 Å². The maximum atomic E-state index is 12.4. The minimum absolute atomic E-state index is 0.0244. The molecule has 14 nitrogen and oxygen atoms in total. The number of hydrogen-bond acceptors (Lipinski definition) is 14. The van der Waals surface area contributed by atoms with Gasteiger partial charge in [0.1, 0.15) is 12.7 Å². The predicted molar refractivity (Wildman–Crippen MR) is 145 cm³/mol. The summed E-state index contributed by atoms with van der Waals surface area (Å²) in [7, 11) is 0. The van der Waals surface area contributed by atoms with E-state index in [4.69, 9.17) is 33.4 Å². The molecule has 0 radical (unpaired) electrons. The number of rotatable bonds is 22. The highest BCUT2D eigenvalue weighted by Gasteiger charge is 2.37. The van der Waals surface area contributed by atoms with Crippen LogP contribution in [0.5, 0.6) is 0 Å². The van der Waals surface area contributed by atoms with Gasteiger partial charge in [-0.3, -0.25) is 14.4 Å². The summed E-state index contributed by atoms with van der Waals surface area (Å²) in [5, 5.41) is 11.3. The van der Waals surface area contributed by atoms with Crippen LogP contribution >= 0.6 is 0 Å². The SMILES string of the molecule is C=CC(=O)OCCCCC(=O)O[C@@H]1CON(OC(=O)CCCCOC(=O)C=C)C[C@@H]1OC(O)CCCCOC(=O)C=C. The van der Waals surface area contributed by atoms with Crippen LogP contribution in [0.4, 0.5) is 0 Å². The molecule has 0 amide bonds. The molecular formula is C28H41NO13. The van der Waals surface area contributed by atoms with Crippen molar-refractivity contribution in [1.82, 2.24) is 5.23 Å². The molecule has 0 spiro atoms. The van der Waals surface area contributed by atoms with E-state index in [9.17, 15) is 29.1 Å². The zero-order valence-corrected chi connectivity index (χ0v) is 23.8. The topological polar surface area (TPSA) is 173 Å². The number of aliphatic hydroxyl groups is 1. The normalized spacial score (nSPS) is 17.3. The molecule has 1 aliphatic rings. The molecule has 3 atom stereocenters.